The molecule has 0 amide bonds. The molecule has 1 heteroatoms. The van der Waals surface area contributed by atoms with Crippen molar-refractivity contribution in [3.63, 3.8) is 0 Å². The molecule has 1 N–H and O–H groups in total. The molecule has 1 atom stereocenters. The zero-order valence-electron chi connectivity index (χ0n) is 14.4. The van der Waals surface area contributed by atoms with E-state index in [-0.39, 0.29) is 0 Å². The molecule has 0 spiro atoms. The maximum absolute atomic E-state index is 9.16. The lowest BCUT2D eigenvalue weighted by atomic mass is 9.81. The van der Waals surface area contributed by atoms with E-state index in [1.54, 1.807) is 0 Å². The standard InChI is InChI=1S/C18H38O/c1-17(2,3)13-10-8-7-9-11-16(12-14-19)15-18(4,5)6/h16,19H,7-15H2,1-6H3/t16-/m1/s1. The van der Waals surface area contributed by atoms with Crippen LogP contribution in [-0.4, -0.2) is 11.7 Å². The third-order valence-corrected chi connectivity index (χ3v) is 3.73. The lowest BCUT2D eigenvalue weighted by Gasteiger charge is -2.25. The molecule has 0 aliphatic heterocycles. The van der Waals surface area contributed by atoms with Gasteiger partial charge in [0.1, 0.15) is 0 Å². The highest BCUT2D eigenvalue weighted by atomic mass is 16.3. The lowest BCUT2D eigenvalue weighted by Crippen LogP contribution is -2.14. The van der Waals surface area contributed by atoms with Gasteiger partial charge >= 0.3 is 0 Å². The van der Waals surface area contributed by atoms with Crippen LogP contribution in [0.2, 0.25) is 0 Å². The van der Waals surface area contributed by atoms with Crippen LogP contribution in [0.5, 0.6) is 0 Å². The van der Waals surface area contributed by atoms with Crippen molar-refractivity contribution in [2.45, 2.75) is 92.9 Å². The molecule has 0 fully saturated rings. The average Bonchev–Trinajstić information content (AvgIpc) is 2.19. The van der Waals surface area contributed by atoms with Gasteiger partial charge in [-0.3, -0.25) is 0 Å². The second-order valence-corrected chi connectivity index (χ2v) is 8.66. The summed E-state index contributed by atoms with van der Waals surface area (Å²) in [4.78, 5) is 0. The lowest BCUT2D eigenvalue weighted by molar-refractivity contribution is 0.207. The van der Waals surface area contributed by atoms with E-state index in [1.165, 1.54) is 44.9 Å². The summed E-state index contributed by atoms with van der Waals surface area (Å²) in [6, 6.07) is 0. The van der Waals surface area contributed by atoms with Crippen LogP contribution in [0.3, 0.4) is 0 Å². The van der Waals surface area contributed by atoms with Crippen LogP contribution in [0.25, 0.3) is 0 Å². The van der Waals surface area contributed by atoms with Gasteiger partial charge in [0.2, 0.25) is 0 Å². The third-order valence-electron chi connectivity index (χ3n) is 3.73. The quantitative estimate of drug-likeness (QED) is 0.524. The smallest absolute Gasteiger partial charge is 0.0433 e. The zero-order chi connectivity index (χ0) is 14.9. The van der Waals surface area contributed by atoms with Crippen LogP contribution in [0.15, 0.2) is 0 Å². The highest BCUT2D eigenvalue weighted by Crippen LogP contribution is 2.30. The Morgan fingerprint density at radius 1 is 0.737 bits per heavy atom. The highest BCUT2D eigenvalue weighted by molar-refractivity contribution is 4.69. The van der Waals surface area contributed by atoms with E-state index in [2.05, 4.69) is 41.5 Å². The van der Waals surface area contributed by atoms with Crippen molar-refractivity contribution >= 4 is 0 Å². The fourth-order valence-corrected chi connectivity index (χ4v) is 2.84. The molecule has 0 aromatic carbocycles. The van der Waals surface area contributed by atoms with Crippen molar-refractivity contribution in [2.24, 2.45) is 16.7 Å². The van der Waals surface area contributed by atoms with Crippen molar-refractivity contribution in [2.75, 3.05) is 6.61 Å². The summed E-state index contributed by atoms with van der Waals surface area (Å²) in [7, 11) is 0. The molecular weight excluding hydrogens is 232 g/mol. The van der Waals surface area contributed by atoms with Crippen molar-refractivity contribution in [1.82, 2.24) is 0 Å². The molecule has 0 radical (unpaired) electrons. The van der Waals surface area contributed by atoms with Gasteiger partial charge in [-0.15, -0.1) is 0 Å². The Kier molecular flexibility index (Phi) is 8.98. The van der Waals surface area contributed by atoms with Crippen LogP contribution >= 0.6 is 0 Å². The van der Waals surface area contributed by atoms with E-state index >= 15 is 0 Å². The molecule has 0 aliphatic carbocycles. The molecule has 0 unspecified atom stereocenters. The minimum atomic E-state index is 0.352. The highest BCUT2D eigenvalue weighted by Gasteiger charge is 2.18. The van der Waals surface area contributed by atoms with Gasteiger partial charge in [0.15, 0.2) is 0 Å². The number of rotatable bonds is 9. The van der Waals surface area contributed by atoms with E-state index in [0.717, 1.165) is 6.42 Å². The first-order valence-electron chi connectivity index (χ1n) is 8.25. The minimum Gasteiger partial charge on any atom is -0.396 e. The van der Waals surface area contributed by atoms with Crippen molar-refractivity contribution in [1.29, 1.82) is 0 Å². The van der Waals surface area contributed by atoms with Gasteiger partial charge in [0.25, 0.3) is 0 Å². The Morgan fingerprint density at radius 2 is 1.32 bits per heavy atom. The normalized spacial score (nSPS) is 14.7. The van der Waals surface area contributed by atoms with Crippen molar-refractivity contribution in [3.8, 4) is 0 Å². The Hall–Kier alpha value is -0.0400. The average molecular weight is 271 g/mol. The topological polar surface area (TPSA) is 20.2 Å². The predicted molar refractivity (Wildman–Crippen MR) is 86.4 cm³/mol. The number of unbranched alkanes of at least 4 members (excludes halogenated alkanes) is 3. The van der Waals surface area contributed by atoms with E-state index < -0.39 is 0 Å². The summed E-state index contributed by atoms with van der Waals surface area (Å²) >= 11 is 0. The van der Waals surface area contributed by atoms with E-state index in [9.17, 15) is 0 Å². The van der Waals surface area contributed by atoms with Crippen LogP contribution in [0.4, 0.5) is 0 Å². The molecular formula is C18H38O. The van der Waals surface area contributed by atoms with Gasteiger partial charge in [-0.05, 0) is 36.0 Å². The van der Waals surface area contributed by atoms with Gasteiger partial charge < -0.3 is 5.11 Å². The number of aliphatic hydroxyl groups is 1. The molecule has 0 saturated heterocycles. The first kappa shape index (κ1) is 19.0. The predicted octanol–water partition coefficient (Wildman–Crippen LogP) is 5.81. The second kappa shape index (κ2) is 9.00. The Morgan fingerprint density at radius 3 is 1.79 bits per heavy atom. The van der Waals surface area contributed by atoms with E-state index in [1.807, 2.05) is 0 Å². The second-order valence-electron chi connectivity index (χ2n) is 8.66. The summed E-state index contributed by atoms with van der Waals surface area (Å²) < 4.78 is 0. The molecule has 0 heterocycles. The number of aliphatic hydroxyl groups excluding tert-OH is 1. The molecule has 0 saturated carbocycles. The molecule has 0 rings (SSSR count). The first-order chi connectivity index (χ1) is 8.64. The third kappa shape index (κ3) is 14.2. The first-order valence-corrected chi connectivity index (χ1v) is 8.25. The Bertz CT molecular complexity index is 207. The largest absolute Gasteiger partial charge is 0.396 e. The molecule has 116 valence electrons. The van der Waals surface area contributed by atoms with Crippen LogP contribution in [0.1, 0.15) is 92.9 Å². The molecule has 19 heavy (non-hydrogen) atoms. The molecule has 0 aliphatic rings. The van der Waals surface area contributed by atoms with Gasteiger partial charge in [-0.1, -0.05) is 73.6 Å². The summed E-state index contributed by atoms with van der Waals surface area (Å²) in [5.74, 6) is 0.715. The molecule has 0 aromatic heterocycles. The zero-order valence-corrected chi connectivity index (χ0v) is 14.4. The van der Waals surface area contributed by atoms with Crippen molar-refractivity contribution in [3.05, 3.63) is 0 Å². The monoisotopic (exact) mass is 270 g/mol. The molecule has 1 nitrogen and oxygen atoms in total. The van der Waals surface area contributed by atoms with Crippen LogP contribution in [0, 0.1) is 16.7 Å². The minimum absolute atomic E-state index is 0.352. The Labute approximate surface area is 122 Å². The van der Waals surface area contributed by atoms with Gasteiger partial charge in [-0.25, -0.2) is 0 Å². The molecule has 0 bridgehead atoms. The summed E-state index contributed by atoms with van der Waals surface area (Å²) in [5.41, 5.74) is 0.887. The van der Waals surface area contributed by atoms with Gasteiger partial charge in [0, 0.05) is 6.61 Å². The molecule has 0 aromatic rings. The SMILES string of the molecule is CC(C)(C)CCCCCC[C@H](CCO)CC(C)(C)C. The fraction of sp³-hybridized carbons (Fsp3) is 1.00. The van der Waals surface area contributed by atoms with Crippen LogP contribution < -0.4 is 0 Å². The van der Waals surface area contributed by atoms with E-state index in [4.69, 9.17) is 5.11 Å². The van der Waals surface area contributed by atoms with Crippen molar-refractivity contribution < 1.29 is 5.11 Å². The van der Waals surface area contributed by atoms with Crippen LogP contribution in [-0.2, 0) is 0 Å². The maximum Gasteiger partial charge on any atom is 0.0433 e. The van der Waals surface area contributed by atoms with E-state index in [0.29, 0.717) is 23.4 Å². The summed E-state index contributed by atoms with van der Waals surface area (Å²) in [6.45, 7) is 14.3. The van der Waals surface area contributed by atoms with Gasteiger partial charge in [-0.2, -0.15) is 0 Å². The van der Waals surface area contributed by atoms with Gasteiger partial charge in [0.05, 0.1) is 0 Å². The summed E-state index contributed by atoms with van der Waals surface area (Å²) in [6.07, 6.45) is 10.3. The number of hydrogen-bond donors (Lipinski definition) is 1. The number of hydrogen-bond acceptors (Lipinski definition) is 1. The maximum atomic E-state index is 9.16. The summed E-state index contributed by atoms with van der Waals surface area (Å²) in [5, 5.41) is 9.16. The fourth-order valence-electron chi connectivity index (χ4n) is 2.84. The Balaban J connectivity index is 3.70.